The third-order valence-corrected chi connectivity index (χ3v) is 28.9. The first kappa shape index (κ1) is 79.1. The number of benzene rings is 20. The molecule has 0 fully saturated rings. The highest BCUT2D eigenvalue weighted by atomic mass is 16.5. The van der Waals surface area contributed by atoms with E-state index >= 15 is 0 Å². The van der Waals surface area contributed by atoms with Crippen LogP contribution in [0.15, 0.2) is 472 Å². The maximum absolute atomic E-state index is 6.51. The molecule has 0 unspecified atom stereocenters. The van der Waals surface area contributed by atoms with Crippen molar-refractivity contribution in [3.05, 3.63) is 500 Å². The van der Waals surface area contributed by atoms with Crippen molar-refractivity contribution < 1.29 is 13.9 Å². The van der Waals surface area contributed by atoms with Crippen molar-refractivity contribution in [2.24, 2.45) is 0 Å². The van der Waals surface area contributed by atoms with E-state index in [0.29, 0.717) is 17.5 Å². The summed E-state index contributed by atoms with van der Waals surface area (Å²) in [5.74, 6) is 5.38. The predicted molar refractivity (Wildman–Crippen MR) is 562 cm³/mol. The second-order valence-electron chi connectivity index (χ2n) is 36.6. The van der Waals surface area contributed by atoms with E-state index in [9.17, 15) is 0 Å². The second kappa shape index (κ2) is 31.5. The van der Waals surface area contributed by atoms with E-state index in [1.54, 1.807) is 0 Å². The number of ether oxygens (including phenoxy) is 2. The molecule has 0 radical (unpaired) electrons. The number of para-hydroxylation sites is 6. The minimum Gasteiger partial charge on any atom is -0.458 e. The van der Waals surface area contributed by atoms with Crippen LogP contribution in [0.1, 0.15) is 47.2 Å². The van der Waals surface area contributed by atoms with Gasteiger partial charge in [0.05, 0.1) is 38.9 Å². The summed E-state index contributed by atoms with van der Waals surface area (Å²) in [5, 5.41) is 6.91. The summed E-state index contributed by atoms with van der Waals surface area (Å²) < 4.78 is 24.1. The number of hydrogen-bond donors (Lipinski definition) is 0. The first-order valence-corrected chi connectivity index (χ1v) is 47.0. The maximum Gasteiger partial charge on any atom is 0.260 e. The summed E-state index contributed by atoms with van der Waals surface area (Å²) in [4.78, 5) is 17.5. The Hall–Kier alpha value is -17.7. The van der Waals surface area contributed by atoms with Gasteiger partial charge >= 0.3 is 0 Å². The average Bonchev–Trinajstić information content (AvgIpc) is 1.50. The van der Waals surface area contributed by atoms with Crippen molar-refractivity contribution in [2.75, 3.05) is 4.90 Å². The van der Waals surface area contributed by atoms with Gasteiger partial charge in [0.15, 0.2) is 17.5 Å². The number of nitrogens with zero attached hydrogens (tertiary/aromatic N) is 6. The van der Waals surface area contributed by atoms with Gasteiger partial charge in [-0.25, -0.2) is 15.0 Å². The lowest BCUT2D eigenvalue weighted by Crippen LogP contribution is -2.57. The summed E-state index contributed by atoms with van der Waals surface area (Å²) >= 11 is 0. The molecule has 0 saturated heterocycles. The highest BCUT2D eigenvalue weighted by Crippen LogP contribution is 2.65. The Morgan fingerprint density at radius 2 is 0.686 bits per heavy atom. The van der Waals surface area contributed by atoms with Crippen molar-refractivity contribution in [3.63, 3.8) is 0 Å². The van der Waals surface area contributed by atoms with Gasteiger partial charge in [-0.2, -0.15) is 0 Å². The van der Waals surface area contributed by atoms with E-state index in [-0.39, 0.29) is 12.1 Å². The molecular weight excluding hydrogens is 1670 g/mol. The van der Waals surface area contributed by atoms with Gasteiger partial charge in [0.1, 0.15) is 34.2 Å². The zero-order valence-corrected chi connectivity index (χ0v) is 74.9. The van der Waals surface area contributed by atoms with Crippen molar-refractivity contribution in [3.8, 4) is 124 Å². The lowest BCUT2D eigenvalue weighted by atomic mass is 9.35. The van der Waals surface area contributed by atoms with Crippen LogP contribution in [0.25, 0.3) is 167 Å². The van der Waals surface area contributed by atoms with Gasteiger partial charge < -0.3 is 27.9 Å². The zero-order chi connectivity index (χ0) is 90.6. The van der Waals surface area contributed by atoms with Crippen LogP contribution < -0.4 is 30.8 Å². The number of aromatic nitrogens is 5. The largest absolute Gasteiger partial charge is 0.458 e. The van der Waals surface area contributed by atoms with E-state index < -0.39 is 5.41 Å². The molecule has 137 heavy (non-hydrogen) atoms. The standard InChI is InChI=1S/C52H37N.C45H28N4O.C30H18BNO2/c1-51(2)43-21-10-6-17-38(43)41-32-31-37(33-48(41)51)53(36-29-27-35(28-30-36)34-15-4-3-5-16-34)49-26-14-25-47-50(49)42-20-9-13-24-46(42)52(47)44-22-11-7-18-39(44)40-19-8-12-23-45(40)52;1-4-13-29(14-5-1)43-46-44(30-15-6-2-7-16-30)48-45(47-43)35-20-12-22-41-42(35)37-28-32(24-26-40(37)50-41)31-23-25-39-36(27-31)34-19-10-11-21-38(34)49(39)33-17-8-3-9-18-33;1-5-13-24-20(9-1)21-10-2-6-14-25(21)32(24)19-17-28-30-29(18-19)34-27-16-8-4-12-23(27)31(30)22-11-3-7-15-26(22)33-28/h3-33H,1-2H3;1-28H;1-18H. The monoisotopic (exact) mass is 1750 g/mol. The molecule has 0 amide bonds. The van der Waals surface area contributed by atoms with Crippen LogP contribution in [0.3, 0.4) is 0 Å². The molecular formula is C127H83BN6O3. The molecule has 0 atom stereocenters. The van der Waals surface area contributed by atoms with E-state index in [4.69, 9.17) is 28.8 Å². The van der Waals surface area contributed by atoms with Gasteiger partial charge in [-0.3, -0.25) is 0 Å². The topological polar surface area (TPSA) is 83.4 Å². The van der Waals surface area contributed by atoms with Gasteiger partial charge in [0.2, 0.25) is 0 Å². The van der Waals surface area contributed by atoms with Crippen LogP contribution in [0.5, 0.6) is 23.0 Å². The molecule has 0 bridgehead atoms. The molecule has 4 aromatic heterocycles. The average molecular weight is 1750 g/mol. The van der Waals surface area contributed by atoms with Gasteiger partial charge in [-0.15, -0.1) is 0 Å². The maximum atomic E-state index is 6.51. The summed E-state index contributed by atoms with van der Waals surface area (Å²) in [6.45, 7) is 4.83. The van der Waals surface area contributed by atoms with Crippen LogP contribution >= 0.6 is 0 Å². The Balaban J connectivity index is 0.000000106. The Morgan fingerprint density at radius 3 is 1.29 bits per heavy atom. The van der Waals surface area contributed by atoms with Gasteiger partial charge in [-0.05, 0) is 198 Å². The minimum absolute atomic E-state index is 0.0899. The highest BCUT2D eigenvalue weighted by molar-refractivity contribution is 6.98. The van der Waals surface area contributed by atoms with Crippen molar-refractivity contribution in [1.29, 1.82) is 0 Å². The third-order valence-electron chi connectivity index (χ3n) is 28.9. The Kier molecular flexibility index (Phi) is 18.2. The molecule has 1 spiro atoms. The normalized spacial score (nSPS) is 13.1. The third kappa shape index (κ3) is 12.5. The molecule has 0 N–H and O–H groups in total. The van der Waals surface area contributed by atoms with Crippen molar-refractivity contribution in [1.82, 2.24) is 24.1 Å². The smallest absolute Gasteiger partial charge is 0.260 e. The summed E-state index contributed by atoms with van der Waals surface area (Å²) in [7, 11) is 0. The molecule has 3 aliphatic carbocycles. The molecule has 2 aliphatic heterocycles. The predicted octanol–water partition coefficient (Wildman–Crippen LogP) is 30.5. The number of hydrogen-bond acceptors (Lipinski definition) is 7. The van der Waals surface area contributed by atoms with Gasteiger partial charge in [0, 0.05) is 94.6 Å². The molecule has 6 heterocycles. The molecule has 24 aromatic rings. The fourth-order valence-corrected chi connectivity index (χ4v) is 22.8. The summed E-state index contributed by atoms with van der Waals surface area (Å²) in [5.41, 5.74) is 38.4. The molecule has 5 aliphatic rings. The number of rotatable bonds is 10. The first-order valence-electron chi connectivity index (χ1n) is 47.0. The quantitative estimate of drug-likeness (QED) is 0.126. The number of anilines is 3. The van der Waals surface area contributed by atoms with Gasteiger partial charge in [0.25, 0.3) is 6.71 Å². The van der Waals surface area contributed by atoms with Crippen molar-refractivity contribution >= 4 is 106 Å². The first-order chi connectivity index (χ1) is 67.7. The van der Waals surface area contributed by atoms with E-state index in [1.807, 2.05) is 84.9 Å². The number of furan rings is 1. The number of fused-ring (bicyclic) bond motifs is 26. The summed E-state index contributed by atoms with van der Waals surface area (Å²) in [6, 6.07) is 167. The Bertz CT molecular complexity index is 8810. The van der Waals surface area contributed by atoms with E-state index in [1.165, 1.54) is 138 Å². The fourth-order valence-electron chi connectivity index (χ4n) is 22.8. The molecule has 9 nitrogen and oxygen atoms in total. The van der Waals surface area contributed by atoms with Crippen LogP contribution in [0, 0.1) is 0 Å². The minimum atomic E-state index is -0.403. The molecule has 29 rings (SSSR count). The van der Waals surface area contributed by atoms with Gasteiger partial charge in [-0.1, -0.05) is 366 Å². The van der Waals surface area contributed by atoms with Crippen molar-refractivity contribution in [2.45, 2.75) is 24.7 Å². The SMILES string of the molecule is CC1(C)c2ccccc2-c2ccc(N(c3ccc(-c4ccccc4)cc3)c3cccc4c3-c3ccccc3C43c4ccccc4-c4ccccc43)cc21.c1ccc(-c2nc(-c3ccccc3)nc(-c3cccc4oc5ccc(-c6ccc7c(c6)c6ccccc6n7-c6ccccc6)cc5c34)n2)cc1.c1ccc2c(c1)Oc1cc(-n3c4ccccc4c4ccccc43)cc3c1B2c1ccccc1O3. The second-order valence-corrected chi connectivity index (χ2v) is 36.6. The highest BCUT2D eigenvalue weighted by Gasteiger charge is 2.53. The molecule has 20 aromatic carbocycles. The molecule has 0 saturated carbocycles. The zero-order valence-electron chi connectivity index (χ0n) is 74.9. The van der Waals surface area contributed by atoms with Crippen LogP contribution in [-0.2, 0) is 10.8 Å². The van der Waals surface area contributed by atoms with Crippen LogP contribution in [0.4, 0.5) is 17.1 Å². The lowest BCUT2D eigenvalue weighted by molar-refractivity contribution is 0.464. The Labute approximate surface area is 792 Å². The fraction of sp³-hybridized carbons (Fsp3) is 0.0315. The molecule has 642 valence electrons. The Morgan fingerprint density at radius 1 is 0.263 bits per heavy atom. The van der Waals surface area contributed by atoms with E-state index in [0.717, 1.165) is 101 Å². The van der Waals surface area contributed by atoms with Crippen LogP contribution in [0.2, 0.25) is 0 Å². The van der Waals surface area contributed by atoms with E-state index in [2.05, 4.69) is 410 Å². The summed E-state index contributed by atoms with van der Waals surface area (Å²) in [6.07, 6.45) is 0. The lowest BCUT2D eigenvalue weighted by Gasteiger charge is -2.33. The van der Waals surface area contributed by atoms with Crippen LogP contribution in [-0.4, -0.2) is 30.8 Å². The molecule has 10 heteroatoms.